The summed E-state index contributed by atoms with van der Waals surface area (Å²) in [4.78, 5) is 0. The third kappa shape index (κ3) is 3.31. The minimum atomic E-state index is 0.321. The van der Waals surface area contributed by atoms with E-state index in [-0.39, 0.29) is 0 Å². The van der Waals surface area contributed by atoms with Gasteiger partial charge in [-0.1, -0.05) is 26.2 Å². The number of nitrogens with one attached hydrogen (secondary N) is 1. The molecule has 0 aromatic carbocycles. The van der Waals surface area contributed by atoms with Crippen LogP contribution in [0, 0.1) is 0 Å². The summed E-state index contributed by atoms with van der Waals surface area (Å²) in [6.45, 7) is 6.62. The molecule has 0 saturated heterocycles. The van der Waals surface area contributed by atoms with E-state index in [9.17, 15) is 0 Å². The largest absolute Gasteiger partial charge is 0.314 e. The van der Waals surface area contributed by atoms with Crippen LogP contribution in [0.15, 0.2) is 0 Å². The smallest absolute Gasteiger partial charge is 0.149 e. The first-order valence-corrected chi connectivity index (χ1v) is 7.48. The lowest BCUT2D eigenvalue weighted by molar-refractivity contribution is 0.490. The number of fused-ring (bicyclic) bond motifs is 1. The summed E-state index contributed by atoms with van der Waals surface area (Å²) in [5.74, 6) is 2.31. The van der Waals surface area contributed by atoms with E-state index in [2.05, 4.69) is 33.9 Å². The molecule has 1 aromatic heterocycles. The highest BCUT2D eigenvalue weighted by Gasteiger charge is 2.18. The van der Waals surface area contributed by atoms with E-state index < -0.39 is 0 Å². The van der Waals surface area contributed by atoms with Crippen LogP contribution in [-0.4, -0.2) is 21.3 Å². The predicted molar refractivity (Wildman–Crippen MR) is 73.5 cm³/mol. The molecule has 4 heteroatoms. The van der Waals surface area contributed by atoms with Gasteiger partial charge < -0.3 is 9.88 Å². The SMILES string of the molecule is CCCCCNC(C)c1nnc2n1CCCCC2. The fourth-order valence-corrected chi connectivity index (χ4v) is 2.61. The Bertz CT molecular complexity index is 359. The van der Waals surface area contributed by atoms with Crippen molar-refractivity contribution in [3.63, 3.8) is 0 Å². The summed E-state index contributed by atoms with van der Waals surface area (Å²) >= 11 is 0. The van der Waals surface area contributed by atoms with E-state index in [1.54, 1.807) is 0 Å². The Morgan fingerprint density at radius 2 is 2.11 bits per heavy atom. The normalized spacial score (nSPS) is 17.2. The Kier molecular flexibility index (Phi) is 5.17. The molecule has 0 fully saturated rings. The molecule has 1 aliphatic heterocycles. The first-order chi connectivity index (χ1) is 8.83. The van der Waals surface area contributed by atoms with Crippen molar-refractivity contribution in [1.29, 1.82) is 0 Å². The summed E-state index contributed by atoms with van der Waals surface area (Å²) in [5, 5.41) is 12.3. The van der Waals surface area contributed by atoms with Crippen molar-refractivity contribution < 1.29 is 0 Å². The van der Waals surface area contributed by atoms with Gasteiger partial charge in [-0.05, 0) is 32.7 Å². The van der Waals surface area contributed by atoms with Crippen LogP contribution < -0.4 is 5.32 Å². The number of hydrogen-bond donors (Lipinski definition) is 1. The van der Waals surface area contributed by atoms with Crippen molar-refractivity contribution in [2.24, 2.45) is 0 Å². The van der Waals surface area contributed by atoms with Gasteiger partial charge in [-0.15, -0.1) is 10.2 Å². The molecule has 0 amide bonds. The van der Waals surface area contributed by atoms with Gasteiger partial charge in [0.1, 0.15) is 11.6 Å². The second-order valence-corrected chi connectivity index (χ2v) is 5.32. The van der Waals surface area contributed by atoms with E-state index in [0.717, 1.165) is 25.3 Å². The summed E-state index contributed by atoms with van der Waals surface area (Å²) < 4.78 is 2.34. The molecule has 102 valence electrons. The number of nitrogens with zero attached hydrogens (tertiary/aromatic N) is 3. The van der Waals surface area contributed by atoms with Crippen molar-refractivity contribution in [2.45, 2.75) is 71.4 Å². The molecule has 2 heterocycles. The maximum absolute atomic E-state index is 4.39. The van der Waals surface area contributed by atoms with Gasteiger partial charge in [0, 0.05) is 13.0 Å². The zero-order valence-electron chi connectivity index (χ0n) is 11.8. The lowest BCUT2D eigenvalue weighted by Crippen LogP contribution is -2.23. The van der Waals surface area contributed by atoms with Crippen molar-refractivity contribution in [2.75, 3.05) is 6.54 Å². The van der Waals surface area contributed by atoms with Crippen molar-refractivity contribution >= 4 is 0 Å². The van der Waals surface area contributed by atoms with Crippen LogP contribution in [0.5, 0.6) is 0 Å². The summed E-state index contributed by atoms with van der Waals surface area (Å²) in [5.41, 5.74) is 0. The van der Waals surface area contributed by atoms with E-state index in [1.165, 1.54) is 44.3 Å². The van der Waals surface area contributed by atoms with E-state index in [4.69, 9.17) is 0 Å². The molecule has 0 saturated carbocycles. The number of aromatic nitrogens is 3. The molecule has 1 N–H and O–H groups in total. The Labute approximate surface area is 110 Å². The van der Waals surface area contributed by atoms with Gasteiger partial charge in [0.15, 0.2) is 0 Å². The Morgan fingerprint density at radius 1 is 1.22 bits per heavy atom. The third-order valence-electron chi connectivity index (χ3n) is 3.76. The number of rotatable bonds is 6. The topological polar surface area (TPSA) is 42.7 Å². The molecule has 1 aromatic rings. The fourth-order valence-electron chi connectivity index (χ4n) is 2.61. The molecule has 2 rings (SSSR count). The first-order valence-electron chi connectivity index (χ1n) is 7.48. The summed E-state index contributed by atoms with van der Waals surface area (Å²) in [7, 11) is 0. The zero-order chi connectivity index (χ0) is 12.8. The van der Waals surface area contributed by atoms with Gasteiger partial charge >= 0.3 is 0 Å². The monoisotopic (exact) mass is 250 g/mol. The average molecular weight is 250 g/mol. The van der Waals surface area contributed by atoms with E-state index in [0.29, 0.717) is 6.04 Å². The molecule has 18 heavy (non-hydrogen) atoms. The van der Waals surface area contributed by atoms with Crippen LogP contribution in [0.2, 0.25) is 0 Å². The standard InChI is InChI=1S/C14H26N4/c1-3-4-7-10-15-12(2)14-17-16-13-9-6-5-8-11-18(13)14/h12,15H,3-11H2,1-2H3. The van der Waals surface area contributed by atoms with Gasteiger partial charge in [0.2, 0.25) is 0 Å². The highest BCUT2D eigenvalue weighted by atomic mass is 15.3. The Hall–Kier alpha value is -0.900. The van der Waals surface area contributed by atoms with E-state index in [1.807, 2.05) is 0 Å². The van der Waals surface area contributed by atoms with Gasteiger partial charge in [-0.25, -0.2) is 0 Å². The highest BCUT2D eigenvalue weighted by molar-refractivity contribution is 5.01. The van der Waals surface area contributed by atoms with Crippen LogP contribution >= 0.6 is 0 Å². The molecular weight excluding hydrogens is 224 g/mol. The zero-order valence-corrected chi connectivity index (χ0v) is 11.8. The minimum absolute atomic E-state index is 0.321. The third-order valence-corrected chi connectivity index (χ3v) is 3.76. The predicted octanol–water partition coefficient (Wildman–Crippen LogP) is 2.85. The highest BCUT2D eigenvalue weighted by Crippen LogP contribution is 2.18. The van der Waals surface area contributed by atoms with Crippen molar-refractivity contribution in [1.82, 2.24) is 20.1 Å². The molecular formula is C14H26N4. The molecule has 0 radical (unpaired) electrons. The van der Waals surface area contributed by atoms with Crippen LogP contribution in [0.3, 0.4) is 0 Å². The number of aryl methyl sites for hydroxylation is 1. The lowest BCUT2D eigenvalue weighted by atomic mass is 10.2. The number of hydrogen-bond acceptors (Lipinski definition) is 3. The summed E-state index contributed by atoms with van der Waals surface area (Å²) in [6.07, 6.45) is 8.77. The molecule has 0 spiro atoms. The van der Waals surface area contributed by atoms with Crippen LogP contribution in [0.4, 0.5) is 0 Å². The second kappa shape index (κ2) is 6.88. The molecule has 1 aliphatic rings. The first kappa shape index (κ1) is 13.5. The average Bonchev–Trinajstić information content (AvgIpc) is 2.64. The Balaban J connectivity index is 1.93. The lowest BCUT2D eigenvalue weighted by Gasteiger charge is -2.15. The maximum atomic E-state index is 4.39. The molecule has 0 bridgehead atoms. The van der Waals surface area contributed by atoms with Gasteiger partial charge in [0.25, 0.3) is 0 Å². The maximum Gasteiger partial charge on any atom is 0.149 e. The van der Waals surface area contributed by atoms with Crippen LogP contribution in [-0.2, 0) is 13.0 Å². The van der Waals surface area contributed by atoms with Crippen molar-refractivity contribution in [3.8, 4) is 0 Å². The molecule has 4 nitrogen and oxygen atoms in total. The second-order valence-electron chi connectivity index (χ2n) is 5.32. The number of unbranched alkanes of at least 4 members (excludes halogenated alkanes) is 2. The van der Waals surface area contributed by atoms with Crippen molar-refractivity contribution in [3.05, 3.63) is 11.6 Å². The molecule has 1 unspecified atom stereocenters. The summed E-state index contributed by atoms with van der Waals surface area (Å²) in [6, 6.07) is 0.321. The van der Waals surface area contributed by atoms with Crippen LogP contribution in [0.1, 0.15) is 70.1 Å². The quantitative estimate of drug-likeness (QED) is 0.789. The van der Waals surface area contributed by atoms with Gasteiger partial charge in [-0.2, -0.15) is 0 Å². The molecule has 1 atom stereocenters. The Morgan fingerprint density at radius 3 is 2.94 bits per heavy atom. The molecule has 0 aliphatic carbocycles. The van der Waals surface area contributed by atoms with Gasteiger partial charge in [-0.3, -0.25) is 0 Å². The fraction of sp³-hybridized carbons (Fsp3) is 0.857. The van der Waals surface area contributed by atoms with Gasteiger partial charge in [0.05, 0.1) is 6.04 Å². The van der Waals surface area contributed by atoms with Crippen LogP contribution in [0.25, 0.3) is 0 Å². The van der Waals surface area contributed by atoms with E-state index >= 15 is 0 Å². The minimum Gasteiger partial charge on any atom is -0.314 e.